The summed E-state index contributed by atoms with van der Waals surface area (Å²) in [4.78, 5) is 19.0. The summed E-state index contributed by atoms with van der Waals surface area (Å²) in [6, 6.07) is 0. The van der Waals surface area contributed by atoms with Gasteiger partial charge in [-0.05, 0) is 5.92 Å². The number of anilines is 1. The van der Waals surface area contributed by atoms with Crippen LogP contribution in [-0.4, -0.2) is 15.9 Å². The van der Waals surface area contributed by atoms with E-state index in [-0.39, 0.29) is 11.8 Å². The number of aromatic nitrogens is 2. The van der Waals surface area contributed by atoms with Gasteiger partial charge >= 0.3 is 0 Å². The van der Waals surface area contributed by atoms with Crippen LogP contribution in [0, 0.1) is 0 Å². The summed E-state index contributed by atoms with van der Waals surface area (Å²) in [5.41, 5.74) is 0.837. The van der Waals surface area contributed by atoms with Crippen LogP contribution in [0.5, 0.6) is 0 Å². The Labute approximate surface area is 80.3 Å². The van der Waals surface area contributed by atoms with E-state index in [1.165, 1.54) is 6.33 Å². The maximum atomic E-state index is 11.1. The van der Waals surface area contributed by atoms with Gasteiger partial charge in [-0.2, -0.15) is 0 Å². The van der Waals surface area contributed by atoms with Crippen LogP contribution in [0.3, 0.4) is 0 Å². The molecule has 0 saturated heterocycles. The average molecular weight is 198 g/mol. The van der Waals surface area contributed by atoms with Gasteiger partial charge in [-0.3, -0.25) is 4.79 Å². The molecular formula is C8H8ClN3O. The largest absolute Gasteiger partial charge is 0.310 e. The molecule has 13 heavy (non-hydrogen) atoms. The first-order valence-electron chi connectivity index (χ1n) is 3.98. The van der Waals surface area contributed by atoms with E-state index in [1.54, 1.807) is 0 Å². The van der Waals surface area contributed by atoms with Gasteiger partial charge in [-0.1, -0.05) is 18.5 Å². The first-order chi connectivity index (χ1) is 6.18. The van der Waals surface area contributed by atoms with E-state index in [1.807, 2.05) is 6.92 Å². The molecule has 1 aromatic rings. The number of fused-ring (bicyclic) bond motifs is 1. The van der Waals surface area contributed by atoms with Gasteiger partial charge in [-0.15, -0.1) is 0 Å². The van der Waals surface area contributed by atoms with E-state index in [9.17, 15) is 4.79 Å². The standard InChI is InChI=1S/C8H8ClN3O/c1-4-2-5(13)12-8-6(4)7(9)10-3-11-8/h3-4H,2H2,1H3,(H,10,11,12,13)/t4-/m0/s1. The highest BCUT2D eigenvalue weighted by atomic mass is 35.5. The molecule has 0 radical (unpaired) electrons. The Hall–Kier alpha value is -1.16. The molecule has 1 aliphatic rings. The molecule has 5 heteroatoms. The lowest BCUT2D eigenvalue weighted by Crippen LogP contribution is -2.23. The lowest BCUT2D eigenvalue weighted by molar-refractivity contribution is -0.116. The van der Waals surface area contributed by atoms with Crippen LogP contribution in [0.1, 0.15) is 24.8 Å². The van der Waals surface area contributed by atoms with Gasteiger partial charge in [0.2, 0.25) is 5.91 Å². The third-order valence-corrected chi connectivity index (χ3v) is 2.38. The number of hydrogen-bond donors (Lipinski definition) is 1. The van der Waals surface area contributed by atoms with Crippen LogP contribution in [0.15, 0.2) is 6.33 Å². The zero-order valence-corrected chi connectivity index (χ0v) is 7.80. The summed E-state index contributed by atoms with van der Waals surface area (Å²) >= 11 is 5.88. The fourth-order valence-corrected chi connectivity index (χ4v) is 1.79. The highest BCUT2D eigenvalue weighted by Gasteiger charge is 2.25. The number of hydrogen-bond acceptors (Lipinski definition) is 3. The number of carbonyl (C=O) groups is 1. The van der Waals surface area contributed by atoms with E-state index in [0.717, 1.165) is 5.56 Å². The van der Waals surface area contributed by atoms with Crippen molar-refractivity contribution in [3.63, 3.8) is 0 Å². The smallest absolute Gasteiger partial charge is 0.226 e. The molecule has 4 nitrogen and oxygen atoms in total. The summed E-state index contributed by atoms with van der Waals surface area (Å²) in [5.74, 6) is 0.621. The number of amides is 1. The lowest BCUT2D eigenvalue weighted by atomic mass is 9.96. The van der Waals surface area contributed by atoms with Crippen LogP contribution >= 0.6 is 11.6 Å². The Bertz CT molecular complexity index is 366. The number of carbonyl (C=O) groups excluding carboxylic acids is 1. The Morgan fingerprint density at radius 2 is 2.38 bits per heavy atom. The second kappa shape index (κ2) is 2.96. The third kappa shape index (κ3) is 1.37. The molecule has 1 atom stereocenters. The van der Waals surface area contributed by atoms with Crippen LogP contribution < -0.4 is 5.32 Å². The molecule has 1 aromatic heterocycles. The van der Waals surface area contributed by atoms with E-state index < -0.39 is 0 Å². The van der Waals surface area contributed by atoms with Crippen molar-refractivity contribution < 1.29 is 4.79 Å². The third-order valence-electron chi connectivity index (χ3n) is 2.08. The lowest BCUT2D eigenvalue weighted by Gasteiger charge is -2.21. The summed E-state index contributed by atoms with van der Waals surface area (Å²) < 4.78 is 0. The van der Waals surface area contributed by atoms with Crippen LogP contribution in [-0.2, 0) is 4.79 Å². The summed E-state index contributed by atoms with van der Waals surface area (Å²) in [6.45, 7) is 1.94. The molecule has 0 aliphatic carbocycles. The Kier molecular flexibility index (Phi) is 1.92. The fraction of sp³-hybridized carbons (Fsp3) is 0.375. The van der Waals surface area contributed by atoms with Gasteiger partial charge in [0.1, 0.15) is 17.3 Å². The maximum absolute atomic E-state index is 11.1. The molecule has 1 amide bonds. The SMILES string of the molecule is C[C@H]1CC(=O)Nc2ncnc(Cl)c21. The molecule has 0 bridgehead atoms. The van der Waals surface area contributed by atoms with E-state index in [2.05, 4.69) is 15.3 Å². The minimum absolute atomic E-state index is 0.0187. The zero-order chi connectivity index (χ0) is 9.42. The average Bonchev–Trinajstić information content (AvgIpc) is 2.02. The number of nitrogens with one attached hydrogen (secondary N) is 1. The molecule has 0 spiro atoms. The number of halogens is 1. The number of nitrogens with zero attached hydrogens (tertiary/aromatic N) is 2. The van der Waals surface area contributed by atoms with Crippen molar-refractivity contribution in [2.24, 2.45) is 0 Å². The fourth-order valence-electron chi connectivity index (χ4n) is 1.47. The van der Waals surface area contributed by atoms with Crippen molar-refractivity contribution in [2.45, 2.75) is 19.3 Å². The van der Waals surface area contributed by atoms with Crippen molar-refractivity contribution in [3.05, 3.63) is 17.0 Å². The molecule has 2 heterocycles. The Balaban J connectivity index is 2.55. The van der Waals surface area contributed by atoms with Crippen LogP contribution in [0.4, 0.5) is 5.82 Å². The second-order valence-corrected chi connectivity index (χ2v) is 3.44. The predicted octanol–water partition coefficient (Wildman–Crippen LogP) is 1.58. The predicted molar refractivity (Wildman–Crippen MR) is 48.7 cm³/mol. The van der Waals surface area contributed by atoms with Gasteiger partial charge in [0, 0.05) is 12.0 Å². The summed E-state index contributed by atoms with van der Waals surface area (Å²) in [7, 11) is 0. The molecule has 68 valence electrons. The molecule has 1 aliphatic heterocycles. The van der Waals surface area contributed by atoms with Crippen LogP contribution in [0.2, 0.25) is 5.15 Å². The minimum Gasteiger partial charge on any atom is -0.310 e. The normalized spacial score (nSPS) is 20.8. The highest BCUT2D eigenvalue weighted by molar-refractivity contribution is 6.30. The molecule has 0 aromatic carbocycles. The van der Waals surface area contributed by atoms with Gasteiger partial charge in [0.25, 0.3) is 0 Å². The van der Waals surface area contributed by atoms with Crippen molar-refractivity contribution in [3.8, 4) is 0 Å². The van der Waals surface area contributed by atoms with E-state index in [0.29, 0.717) is 17.4 Å². The monoisotopic (exact) mass is 197 g/mol. The molecule has 0 unspecified atom stereocenters. The molecule has 2 rings (SSSR count). The topological polar surface area (TPSA) is 54.9 Å². The highest BCUT2D eigenvalue weighted by Crippen LogP contribution is 2.33. The molecule has 1 N–H and O–H groups in total. The summed E-state index contributed by atoms with van der Waals surface area (Å²) in [6.07, 6.45) is 1.79. The zero-order valence-electron chi connectivity index (χ0n) is 7.04. The quantitative estimate of drug-likeness (QED) is 0.643. The van der Waals surface area contributed by atoms with Gasteiger partial charge in [0.15, 0.2) is 0 Å². The first-order valence-corrected chi connectivity index (χ1v) is 4.36. The van der Waals surface area contributed by atoms with Gasteiger partial charge in [-0.25, -0.2) is 9.97 Å². The first kappa shape index (κ1) is 8.44. The molecular weight excluding hydrogens is 190 g/mol. The molecule has 0 saturated carbocycles. The van der Waals surface area contributed by atoms with Crippen molar-refractivity contribution >= 4 is 23.3 Å². The van der Waals surface area contributed by atoms with Crippen molar-refractivity contribution in [1.82, 2.24) is 9.97 Å². The molecule has 0 fully saturated rings. The van der Waals surface area contributed by atoms with Crippen molar-refractivity contribution in [2.75, 3.05) is 5.32 Å². The minimum atomic E-state index is -0.0187. The maximum Gasteiger partial charge on any atom is 0.226 e. The van der Waals surface area contributed by atoms with Gasteiger partial charge < -0.3 is 5.32 Å². The van der Waals surface area contributed by atoms with E-state index >= 15 is 0 Å². The summed E-state index contributed by atoms with van der Waals surface area (Å²) in [5, 5.41) is 3.08. The van der Waals surface area contributed by atoms with Crippen LogP contribution in [0.25, 0.3) is 0 Å². The number of rotatable bonds is 0. The van der Waals surface area contributed by atoms with E-state index in [4.69, 9.17) is 11.6 Å². The Morgan fingerprint density at radius 3 is 3.15 bits per heavy atom. The van der Waals surface area contributed by atoms with Gasteiger partial charge in [0.05, 0.1) is 0 Å². The van der Waals surface area contributed by atoms with Crippen molar-refractivity contribution in [1.29, 1.82) is 0 Å². The second-order valence-electron chi connectivity index (χ2n) is 3.08. The Morgan fingerprint density at radius 1 is 1.62 bits per heavy atom.